The summed E-state index contributed by atoms with van der Waals surface area (Å²) in [5, 5.41) is 3.15. The molecule has 0 heterocycles. The summed E-state index contributed by atoms with van der Waals surface area (Å²) in [4.78, 5) is 10.4. The lowest BCUT2D eigenvalue weighted by Gasteiger charge is -2.16. The molecule has 0 bridgehead atoms. The Morgan fingerprint density at radius 2 is 1.91 bits per heavy atom. The van der Waals surface area contributed by atoms with Gasteiger partial charge in [-0.15, -0.1) is 0 Å². The molecule has 0 radical (unpaired) electrons. The summed E-state index contributed by atoms with van der Waals surface area (Å²) < 4.78 is 0. The third-order valence-electron chi connectivity index (χ3n) is 3.32. The van der Waals surface area contributed by atoms with Crippen molar-refractivity contribution in [2.45, 2.75) is 37.8 Å². The number of nitroso groups, excluding NO2 is 1. The molecular weight excluding hydrogens is 140 g/mol. The monoisotopic (exact) mass is 154 g/mol. The second-order valence-corrected chi connectivity index (χ2v) is 3.83. The summed E-state index contributed by atoms with van der Waals surface area (Å²) in [5.41, 5.74) is 5.89. The van der Waals surface area contributed by atoms with Crippen LogP contribution in [0.25, 0.3) is 0 Å². The predicted octanol–water partition coefficient (Wildman–Crippen LogP) is 1.27. The third kappa shape index (κ3) is 0.984. The van der Waals surface area contributed by atoms with Crippen LogP contribution in [0.3, 0.4) is 0 Å². The minimum atomic E-state index is 0.0394. The Morgan fingerprint density at radius 1 is 1.18 bits per heavy atom. The van der Waals surface area contributed by atoms with Crippen LogP contribution < -0.4 is 5.73 Å². The van der Waals surface area contributed by atoms with Crippen molar-refractivity contribution in [3.05, 3.63) is 4.91 Å². The Bertz CT molecular complexity index is 171. The van der Waals surface area contributed by atoms with Gasteiger partial charge in [0.1, 0.15) is 0 Å². The van der Waals surface area contributed by atoms with Gasteiger partial charge in [-0.3, -0.25) is 0 Å². The highest BCUT2D eigenvalue weighted by atomic mass is 16.3. The highest BCUT2D eigenvalue weighted by molar-refractivity contribution is 4.99. The number of nitrogens with two attached hydrogens (primary N) is 1. The lowest BCUT2D eigenvalue weighted by Crippen LogP contribution is -2.31. The molecule has 0 spiro atoms. The zero-order valence-corrected chi connectivity index (χ0v) is 6.57. The van der Waals surface area contributed by atoms with Gasteiger partial charge in [-0.05, 0) is 31.6 Å². The fourth-order valence-electron chi connectivity index (χ4n) is 2.78. The number of fused-ring (bicyclic) bond motifs is 1. The average Bonchev–Trinajstić information content (AvgIpc) is 2.54. The van der Waals surface area contributed by atoms with Crippen LogP contribution in [0, 0.1) is 16.7 Å². The first kappa shape index (κ1) is 7.22. The summed E-state index contributed by atoms with van der Waals surface area (Å²) >= 11 is 0. The average molecular weight is 154 g/mol. The quantitative estimate of drug-likeness (QED) is 0.578. The van der Waals surface area contributed by atoms with Crippen molar-refractivity contribution in [1.82, 2.24) is 0 Å². The van der Waals surface area contributed by atoms with Crippen molar-refractivity contribution in [1.29, 1.82) is 0 Å². The lowest BCUT2D eigenvalue weighted by atomic mass is 9.95. The highest BCUT2D eigenvalue weighted by Crippen LogP contribution is 2.44. The molecule has 62 valence electrons. The van der Waals surface area contributed by atoms with Gasteiger partial charge in [-0.2, -0.15) is 4.91 Å². The number of hydrogen-bond acceptors (Lipinski definition) is 3. The van der Waals surface area contributed by atoms with Gasteiger partial charge in [0.25, 0.3) is 0 Å². The zero-order valence-electron chi connectivity index (χ0n) is 6.57. The topological polar surface area (TPSA) is 55.4 Å². The van der Waals surface area contributed by atoms with Crippen LogP contribution in [0.5, 0.6) is 0 Å². The molecule has 11 heavy (non-hydrogen) atoms. The van der Waals surface area contributed by atoms with Crippen molar-refractivity contribution in [2.24, 2.45) is 22.7 Å². The van der Waals surface area contributed by atoms with Crippen molar-refractivity contribution in [3.63, 3.8) is 0 Å². The van der Waals surface area contributed by atoms with Crippen LogP contribution in [0.1, 0.15) is 25.7 Å². The number of hydrogen-bond donors (Lipinski definition) is 1. The lowest BCUT2D eigenvalue weighted by molar-refractivity contribution is 0.384. The molecule has 2 aliphatic rings. The Hall–Kier alpha value is -0.440. The summed E-state index contributed by atoms with van der Waals surface area (Å²) in [6, 6.07) is 0.294. The van der Waals surface area contributed by atoms with Crippen molar-refractivity contribution >= 4 is 0 Å². The molecular formula is C8H14N2O. The maximum absolute atomic E-state index is 10.4. The first-order valence-electron chi connectivity index (χ1n) is 4.41. The van der Waals surface area contributed by atoms with E-state index in [0.29, 0.717) is 11.8 Å². The molecule has 2 rings (SSSR count). The van der Waals surface area contributed by atoms with Crippen molar-refractivity contribution in [2.75, 3.05) is 0 Å². The van der Waals surface area contributed by atoms with Crippen molar-refractivity contribution < 1.29 is 0 Å². The van der Waals surface area contributed by atoms with Gasteiger partial charge in [0.2, 0.25) is 0 Å². The maximum atomic E-state index is 10.4. The fraction of sp³-hybridized carbons (Fsp3) is 1.00. The number of nitrogens with zero attached hydrogens (tertiary/aromatic N) is 1. The molecule has 0 amide bonds. The SMILES string of the molecule is NC1CCC2CCC(N=O)C12. The van der Waals surface area contributed by atoms with Crippen LogP contribution in [0.4, 0.5) is 0 Å². The van der Waals surface area contributed by atoms with E-state index in [1.807, 2.05) is 0 Å². The molecule has 0 aromatic carbocycles. The largest absolute Gasteiger partial charge is 0.327 e. The zero-order chi connectivity index (χ0) is 7.84. The molecule has 0 aromatic heterocycles. The minimum absolute atomic E-state index is 0.0394. The minimum Gasteiger partial charge on any atom is -0.327 e. The van der Waals surface area contributed by atoms with E-state index in [4.69, 9.17) is 5.73 Å². The van der Waals surface area contributed by atoms with Gasteiger partial charge in [-0.1, -0.05) is 5.18 Å². The smallest absolute Gasteiger partial charge is 0.0965 e. The van der Waals surface area contributed by atoms with E-state index < -0.39 is 0 Å². The second-order valence-electron chi connectivity index (χ2n) is 3.83. The fourth-order valence-corrected chi connectivity index (χ4v) is 2.78. The Morgan fingerprint density at radius 3 is 2.64 bits per heavy atom. The molecule has 4 unspecified atom stereocenters. The molecule has 0 aromatic rings. The molecule has 4 atom stereocenters. The Balaban J connectivity index is 2.13. The van der Waals surface area contributed by atoms with Crippen LogP contribution in [-0.2, 0) is 0 Å². The van der Waals surface area contributed by atoms with Gasteiger partial charge in [0.15, 0.2) is 0 Å². The normalized spacial score (nSPS) is 49.2. The molecule has 2 N–H and O–H groups in total. The van der Waals surface area contributed by atoms with Gasteiger partial charge < -0.3 is 5.73 Å². The van der Waals surface area contributed by atoms with Gasteiger partial charge in [-0.25, -0.2) is 0 Å². The van der Waals surface area contributed by atoms with E-state index in [-0.39, 0.29) is 12.1 Å². The summed E-state index contributed by atoms with van der Waals surface area (Å²) in [6.07, 6.45) is 4.47. The first-order valence-corrected chi connectivity index (χ1v) is 4.41. The molecule has 3 nitrogen and oxygen atoms in total. The molecule has 2 aliphatic carbocycles. The van der Waals surface area contributed by atoms with E-state index in [9.17, 15) is 4.91 Å². The summed E-state index contributed by atoms with van der Waals surface area (Å²) in [6.45, 7) is 0. The van der Waals surface area contributed by atoms with Gasteiger partial charge in [0.05, 0.1) is 6.04 Å². The van der Waals surface area contributed by atoms with Gasteiger partial charge >= 0.3 is 0 Å². The number of rotatable bonds is 1. The summed E-state index contributed by atoms with van der Waals surface area (Å²) in [5.74, 6) is 1.14. The predicted molar refractivity (Wildman–Crippen MR) is 43.0 cm³/mol. The maximum Gasteiger partial charge on any atom is 0.0965 e. The van der Waals surface area contributed by atoms with Crippen molar-refractivity contribution in [3.8, 4) is 0 Å². The molecule has 3 heteroatoms. The van der Waals surface area contributed by atoms with E-state index in [2.05, 4.69) is 5.18 Å². The van der Waals surface area contributed by atoms with E-state index >= 15 is 0 Å². The highest BCUT2D eigenvalue weighted by Gasteiger charge is 2.44. The van der Waals surface area contributed by atoms with Crippen LogP contribution in [0.2, 0.25) is 0 Å². The Kier molecular flexibility index (Phi) is 1.68. The van der Waals surface area contributed by atoms with Crippen LogP contribution in [0.15, 0.2) is 5.18 Å². The second kappa shape index (κ2) is 2.55. The van der Waals surface area contributed by atoms with Gasteiger partial charge in [0, 0.05) is 12.0 Å². The first-order chi connectivity index (χ1) is 5.33. The Labute approximate surface area is 66.3 Å². The van der Waals surface area contributed by atoms with E-state index in [1.54, 1.807) is 0 Å². The van der Waals surface area contributed by atoms with E-state index in [1.165, 1.54) is 12.8 Å². The van der Waals surface area contributed by atoms with E-state index in [0.717, 1.165) is 12.8 Å². The third-order valence-corrected chi connectivity index (χ3v) is 3.32. The summed E-state index contributed by atoms with van der Waals surface area (Å²) in [7, 11) is 0. The molecule has 0 saturated heterocycles. The molecule has 2 fully saturated rings. The van der Waals surface area contributed by atoms with Crippen LogP contribution in [-0.4, -0.2) is 12.1 Å². The molecule has 2 saturated carbocycles. The standard InChI is InChI=1S/C8H14N2O/c9-6-3-1-5-2-4-7(10-11)8(5)6/h5-8H,1-4,9H2. The molecule has 0 aliphatic heterocycles. The van der Waals surface area contributed by atoms with Crippen LogP contribution >= 0.6 is 0 Å².